The zero-order valence-corrected chi connectivity index (χ0v) is 10.8. The quantitative estimate of drug-likeness (QED) is 0.738. The second-order valence-electron chi connectivity index (χ2n) is 6.28. The third kappa shape index (κ3) is 1.65. The number of aromatic amines is 1. The highest BCUT2D eigenvalue weighted by atomic mass is 16.2. The summed E-state index contributed by atoms with van der Waals surface area (Å²) >= 11 is 0. The minimum atomic E-state index is -0.170. The average Bonchev–Trinajstić information content (AvgIpc) is 3.08. The van der Waals surface area contributed by atoms with Crippen LogP contribution in [0.5, 0.6) is 0 Å². The van der Waals surface area contributed by atoms with Crippen LogP contribution < -0.4 is 11.1 Å². The van der Waals surface area contributed by atoms with Gasteiger partial charge in [0.25, 0.3) is 5.91 Å². The lowest BCUT2D eigenvalue weighted by Gasteiger charge is -2.31. The molecule has 0 saturated heterocycles. The molecule has 0 aliphatic heterocycles. The second kappa shape index (κ2) is 3.95. The molecule has 5 unspecified atom stereocenters. The van der Waals surface area contributed by atoms with E-state index in [1.54, 1.807) is 0 Å². The molecule has 1 aromatic rings. The van der Waals surface area contributed by atoms with Crippen LogP contribution in [0.1, 0.15) is 42.7 Å². The van der Waals surface area contributed by atoms with Crippen LogP contribution in [-0.2, 0) is 0 Å². The Morgan fingerprint density at radius 3 is 2.89 bits per heavy atom. The van der Waals surface area contributed by atoms with Gasteiger partial charge < -0.3 is 11.1 Å². The molecular formula is C13H19N5O. The SMILES string of the molecule is Nc1n[nH]c(C(=O)NC2CC3CC2C2CCCC32)n1. The van der Waals surface area contributed by atoms with Crippen molar-refractivity contribution in [3.05, 3.63) is 5.82 Å². The van der Waals surface area contributed by atoms with Crippen LogP contribution in [0.25, 0.3) is 0 Å². The Morgan fingerprint density at radius 2 is 2.11 bits per heavy atom. The van der Waals surface area contributed by atoms with Gasteiger partial charge in [-0.25, -0.2) is 0 Å². The number of amides is 1. The van der Waals surface area contributed by atoms with Crippen LogP contribution in [0, 0.1) is 23.7 Å². The highest BCUT2D eigenvalue weighted by Gasteiger charge is 2.54. The van der Waals surface area contributed by atoms with Crippen LogP contribution in [-0.4, -0.2) is 27.1 Å². The number of nitrogens with one attached hydrogen (secondary N) is 2. The molecule has 3 aliphatic carbocycles. The minimum Gasteiger partial charge on any atom is -0.366 e. The van der Waals surface area contributed by atoms with Gasteiger partial charge in [0, 0.05) is 6.04 Å². The molecule has 2 bridgehead atoms. The first-order valence-corrected chi connectivity index (χ1v) is 7.21. The molecular weight excluding hydrogens is 242 g/mol. The van der Waals surface area contributed by atoms with Gasteiger partial charge in [0.1, 0.15) is 0 Å². The van der Waals surface area contributed by atoms with Crippen LogP contribution in [0.4, 0.5) is 5.95 Å². The number of fused-ring (bicyclic) bond motifs is 5. The fourth-order valence-corrected chi connectivity index (χ4v) is 4.85. The van der Waals surface area contributed by atoms with Crippen molar-refractivity contribution in [3.63, 3.8) is 0 Å². The standard InChI is InChI=1S/C13H19N5O/c14-13-16-11(17-18-13)12(19)15-10-5-6-4-9(10)8-3-1-2-7(6)8/h6-10H,1-5H2,(H,15,19)(H3,14,16,17,18). The van der Waals surface area contributed by atoms with Gasteiger partial charge in [-0.2, -0.15) is 4.98 Å². The molecule has 1 amide bonds. The molecule has 6 nitrogen and oxygen atoms in total. The van der Waals surface area contributed by atoms with Crippen molar-refractivity contribution in [1.82, 2.24) is 20.5 Å². The minimum absolute atomic E-state index is 0.119. The first-order valence-electron chi connectivity index (χ1n) is 7.21. The molecule has 0 spiro atoms. The second-order valence-corrected chi connectivity index (χ2v) is 6.28. The van der Waals surface area contributed by atoms with E-state index in [2.05, 4.69) is 20.5 Å². The van der Waals surface area contributed by atoms with E-state index in [-0.39, 0.29) is 17.7 Å². The number of anilines is 1. The molecule has 3 fully saturated rings. The summed E-state index contributed by atoms with van der Waals surface area (Å²) in [7, 11) is 0. The fourth-order valence-electron chi connectivity index (χ4n) is 4.85. The first-order chi connectivity index (χ1) is 9.22. The zero-order valence-electron chi connectivity index (χ0n) is 10.8. The molecule has 6 heteroatoms. The number of carbonyl (C=O) groups excluding carboxylic acids is 1. The van der Waals surface area contributed by atoms with Gasteiger partial charge in [-0.05, 0) is 49.4 Å². The van der Waals surface area contributed by atoms with Crippen LogP contribution in [0.2, 0.25) is 0 Å². The predicted molar refractivity (Wildman–Crippen MR) is 69.1 cm³/mol. The topological polar surface area (TPSA) is 96.7 Å². The monoisotopic (exact) mass is 261 g/mol. The Labute approximate surface area is 111 Å². The van der Waals surface area contributed by atoms with Crippen molar-refractivity contribution in [1.29, 1.82) is 0 Å². The summed E-state index contributed by atoms with van der Waals surface area (Å²) in [5, 5.41) is 9.39. The number of nitrogens with zero attached hydrogens (tertiary/aromatic N) is 2. The van der Waals surface area contributed by atoms with E-state index in [1.165, 1.54) is 25.7 Å². The van der Waals surface area contributed by atoms with E-state index >= 15 is 0 Å². The molecule has 0 aromatic carbocycles. The lowest BCUT2D eigenvalue weighted by Crippen LogP contribution is -2.42. The lowest BCUT2D eigenvalue weighted by atomic mass is 9.79. The lowest BCUT2D eigenvalue weighted by molar-refractivity contribution is 0.0891. The summed E-state index contributed by atoms with van der Waals surface area (Å²) < 4.78 is 0. The van der Waals surface area contributed by atoms with Crippen molar-refractivity contribution in [2.24, 2.45) is 23.7 Å². The molecule has 5 atom stereocenters. The zero-order chi connectivity index (χ0) is 13.0. The van der Waals surface area contributed by atoms with Crippen molar-refractivity contribution < 1.29 is 4.79 Å². The number of nitrogen functional groups attached to an aromatic ring is 1. The summed E-state index contributed by atoms with van der Waals surface area (Å²) in [6.07, 6.45) is 6.58. The van der Waals surface area contributed by atoms with E-state index in [4.69, 9.17) is 5.73 Å². The predicted octanol–water partition coefficient (Wildman–Crippen LogP) is 0.941. The van der Waals surface area contributed by atoms with Crippen molar-refractivity contribution in [2.45, 2.75) is 38.1 Å². The van der Waals surface area contributed by atoms with Gasteiger partial charge in [-0.1, -0.05) is 6.42 Å². The van der Waals surface area contributed by atoms with E-state index in [0.29, 0.717) is 12.0 Å². The van der Waals surface area contributed by atoms with E-state index in [9.17, 15) is 4.79 Å². The normalized spacial score (nSPS) is 39.5. The molecule has 3 saturated carbocycles. The summed E-state index contributed by atoms with van der Waals surface area (Å²) in [5.41, 5.74) is 5.42. The van der Waals surface area contributed by atoms with Crippen molar-refractivity contribution >= 4 is 11.9 Å². The molecule has 4 N–H and O–H groups in total. The average molecular weight is 261 g/mol. The van der Waals surface area contributed by atoms with Crippen LogP contribution in [0.15, 0.2) is 0 Å². The third-order valence-electron chi connectivity index (χ3n) is 5.46. The smallest absolute Gasteiger partial charge is 0.288 e. The summed E-state index contributed by atoms with van der Waals surface area (Å²) in [6.45, 7) is 0. The van der Waals surface area contributed by atoms with Crippen LogP contribution in [0.3, 0.4) is 0 Å². The van der Waals surface area contributed by atoms with E-state index in [1.807, 2.05) is 0 Å². The van der Waals surface area contributed by atoms with Crippen molar-refractivity contribution in [3.8, 4) is 0 Å². The molecule has 3 aliphatic rings. The van der Waals surface area contributed by atoms with Gasteiger partial charge in [0.15, 0.2) is 0 Å². The maximum Gasteiger partial charge on any atom is 0.288 e. The van der Waals surface area contributed by atoms with Gasteiger partial charge >= 0.3 is 0 Å². The Bertz CT molecular complexity index is 513. The van der Waals surface area contributed by atoms with Crippen molar-refractivity contribution in [2.75, 3.05) is 5.73 Å². The van der Waals surface area contributed by atoms with Gasteiger partial charge in [-0.15, -0.1) is 5.10 Å². The number of H-pyrrole nitrogens is 1. The summed E-state index contributed by atoms with van der Waals surface area (Å²) in [5.74, 6) is 3.49. The fraction of sp³-hybridized carbons (Fsp3) is 0.769. The van der Waals surface area contributed by atoms with Gasteiger partial charge in [-0.3, -0.25) is 9.89 Å². The maximum atomic E-state index is 12.1. The Hall–Kier alpha value is -1.59. The third-order valence-corrected chi connectivity index (χ3v) is 5.46. The molecule has 1 aromatic heterocycles. The molecule has 102 valence electrons. The maximum absolute atomic E-state index is 12.1. The van der Waals surface area contributed by atoms with Gasteiger partial charge in [0.05, 0.1) is 0 Å². The molecule has 1 heterocycles. The number of nitrogens with two attached hydrogens (primary N) is 1. The Kier molecular flexibility index (Phi) is 2.34. The molecule has 19 heavy (non-hydrogen) atoms. The number of hydrogen-bond acceptors (Lipinski definition) is 4. The summed E-state index contributed by atoms with van der Waals surface area (Å²) in [6, 6.07) is 0.322. The number of hydrogen-bond donors (Lipinski definition) is 3. The molecule has 0 radical (unpaired) electrons. The largest absolute Gasteiger partial charge is 0.366 e. The van der Waals surface area contributed by atoms with E-state index in [0.717, 1.165) is 24.2 Å². The summed E-state index contributed by atoms with van der Waals surface area (Å²) in [4.78, 5) is 16.0. The van der Waals surface area contributed by atoms with Crippen LogP contribution >= 0.6 is 0 Å². The number of aromatic nitrogens is 3. The first kappa shape index (κ1) is 11.3. The Morgan fingerprint density at radius 1 is 1.26 bits per heavy atom. The van der Waals surface area contributed by atoms with E-state index < -0.39 is 0 Å². The number of carbonyl (C=O) groups is 1. The highest BCUT2D eigenvalue weighted by Crippen LogP contribution is 2.58. The highest BCUT2D eigenvalue weighted by molar-refractivity contribution is 5.90. The molecule has 4 rings (SSSR count). The Balaban J connectivity index is 1.46. The number of rotatable bonds is 2. The van der Waals surface area contributed by atoms with Gasteiger partial charge in [0.2, 0.25) is 11.8 Å².